The molecular formula is C21H21N3O2. The fourth-order valence-corrected chi connectivity index (χ4v) is 2.67. The molecule has 0 fully saturated rings. The van der Waals surface area contributed by atoms with E-state index in [0.717, 1.165) is 11.1 Å². The van der Waals surface area contributed by atoms with Gasteiger partial charge in [-0.25, -0.2) is 4.68 Å². The summed E-state index contributed by atoms with van der Waals surface area (Å²) in [4.78, 5) is 25.1. The minimum atomic E-state index is -1.11. The van der Waals surface area contributed by atoms with Gasteiger partial charge in [0.25, 0.3) is 5.56 Å². The quantitative estimate of drug-likeness (QED) is 0.772. The van der Waals surface area contributed by atoms with Crippen LogP contribution in [0.25, 0.3) is 11.3 Å². The molecule has 0 bridgehead atoms. The Kier molecular flexibility index (Phi) is 4.98. The first-order valence-electron chi connectivity index (χ1n) is 8.47. The van der Waals surface area contributed by atoms with Crippen molar-refractivity contribution < 1.29 is 4.79 Å². The van der Waals surface area contributed by atoms with Crippen LogP contribution in [0.15, 0.2) is 77.6 Å². The molecule has 0 unspecified atom stereocenters. The number of hydrogen-bond acceptors (Lipinski definition) is 3. The number of carbonyl (C=O) groups is 1. The first-order chi connectivity index (χ1) is 12.5. The van der Waals surface area contributed by atoms with Crippen LogP contribution in [-0.4, -0.2) is 15.7 Å². The molecule has 1 heterocycles. The van der Waals surface area contributed by atoms with E-state index < -0.39 is 5.54 Å². The lowest BCUT2D eigenvalue weighted by Gasteiger charge is -2.25. The molecule has 3 rings (SSSR count). The van der Waals surface area contributed by atoms with Gasteiger partial charge in [-0.05, 0) is 25.5 Å². The molecule has 0 radical (unpaired) electrons. The summed E-state index contributed by atoms with van der Waals surface area (Å²) in [5.74, 6) is -0.263. The zero-order chi connectivity index (χ0) is 18.6. The van der Waals surface area contributed by atoms with Gasteiger partial charge in [-0.1, -0.05) is 60.7 Å². The zero-order valence-corrected chi connectivity index (χ0v) is 14.8. The highest BCUT2D eigenvalue weighted by Gasteiger charge is 2.32. The third-order valence-electron chi connectivity index (χ3n) is 4.25. The van der Waals surface area contributed by atoms with Crippen LogP contribution in [0.3, 0.4) is 0 Å². The number of amides is 1. The second-order valence-corrected chi connectivity index (χ2v) is 6.56. The zero-order valence-electron chi connectivity index (χ0n) is 14.8. The van der Waals surface area contributed by atoms with Gasteiger partial charge < -0.3 is 5.32 Å². The van der Waals surface area contributed by atoms with Crippen molar-refractivity contribution in [2.24, 2.45) is 0 Å². The standard InChI is InChI=1S/C21H21N3O2/c1-21(2,20(26)22-15-16-9-5-3-6-10-16)24-19(25)14-13-18(23-24)17-11-7-4-8-12-17/h3-14H,15H2,1-2H3,(H,22,26). The van der Waals surface area contributed by atoms with E-state index in [2.05, 4.69) is 10.4 Å². The van der Waals surface area contributed by atoms with Crippen LogP contribution in [0.1, 0.15) is 19.4 Å². The normalized spacial score (nSPS) is 11.2. The molecule has 26 heavy (non-hydrogen) atoms. The summed E-state index contributed by atoms with van der Waals surface area (Å²) in [5, 5.41) is 7.32. The molecule has 0 saturated heterocycles. The van der Waals surface area contributed by atoms with Gasteiger partial charge in [-0.15, -0.1) is 0 Å². The van der Waals surface area contributed by atoms with Crippen LogP contribution in [0.4, 0.5) is 0 Å². The lowest BCUT2D eigenvalue weighted by molar-refractivity contribution is -0.129. The molecule has 0 aliphatic carbocycles. The fraction of sp³-hybridized carbons (Fsp3) is 0.190. The first-order valence-corrected chi connectivity index (χ1v) is 8.47. The Morgan fingerprint density at radius 2 is 1.58 bits per heavy atom. The molecule has 1 N–H and O–H groups in total. The summed E-state index contributed by atoms with van der Waals surface area (Å²) in [7, 11) is 0. The molecule has 1 aromatic heterocycles. The van der Waals surface area contributed by atoms with Crippen molar-refractivity contribution >= 4 is 5.91 Å². The Balaban J connectivity index is 1.86. The van der Waals surface area contributed by atoms with E-state index in [1.807, 2.05) is 60.7 Å². The predicted molar refractivity (Wildman–Crippen MR) is 102 cm³/mol. The van der Waals surface area contributed by atoms with Crippen LogP contribution in [0, 0.1) is 0 Å². The summed E-state index contributed by atoms with van der Waals surface area (Å²) in [5.41, 5.74) is 1.10. The Morgan fingerprint density at radius 3 is 2.23 bits per heavy atom. The maximum absolute atomic E-state index is 12.7. The highest BCUT2D eigenvalue weighted by molar-refractivity contribution is 5.83. The molecule has 1 amide bonds. The van der Waals surface area contributed by atoms with Gasteiger partial charge in [0.2, 0.25) is 5.91 Å². The number of rotatable bonds is 5. The summed E-state index contributed by atoms with van der Waals surface area (Å²) in [6, 6.07) is 22.3. The number of hydrogen-bond donors (Lipinski definition) is 1. The van der Waals surface area contributed by atoms with Gasteiger partial charge in [-0.3, -0.25) is 9.59 Å². The molecule has 5 nitrogen and oxygen atoms in total. The van der Waals surface area contributed by atoms with Crippen LogP contribution < -0.4 is 10.9 Å². The highest BCUT2D eigenvalue weighted by Crippen LogP contribution is 2.18. The van der Waals surface area contributed by atoms with Crippen LogP contribution in [0.2, 0.25) is 0 Å². The number of benzene rings is 2. The molecule has 0 spiro atoms. The van der Waals surface area contributed by atoms with Crippen molar-refractivity contribution in [3.63, 3.8) is 0 Å². The number of aromatic nitrogens is 2. The maximum Gasteiger partial charge on any atom is 0.267 e. The van der Waals surface area contributed by atoms with E-state index in [0.29, 0.717) is 12.2 Å². The lowest BCUT2D eigenvalue weighted by atomic mass is 10.0. The van der Waals surface area contributed by atoms with E-state index in [1.165, 1.54) is 10.7 Å². The molecular weight excluding hydrogens is 326 g/mol. The largest absolute Gasteiger partial charge is 0.350 e. The number of nitrogens with zero attached hydrogens (tertiary/aromatic N) is 2. The fourth-order valence-electron chi connectivity index (χ4n) is 2.67. The van der Waals surface area contributed by atoms with Crippen LogP contribution in [0.5, 0.6) is 0 Å². The average Bonchev–Trinajstić information content (AvgIpc) is 2.67. The van der Waals surface area contributed by atoms with E-state index in [4.69, 9.17) is 0 Å². The van der Waals surface area contributed by atoms with Crippen molar-refractivity contribution in [3.8, 4) is 11.3 Å². The molecule has 0 aliphatic rings. The molecule has 0 saturated carbocycles. The number of nitrogens with one attached hydrogen (secondary N) is 1. The summed E-state index contributed by atoms with van der Waals surface area (Å²) in [6.45, 7) is 3.78. The van der Waals surface area contributed by atoms with E-state index in [9.17, 15) is 9.59 Å². The van der Waals surface area contributed by atoms with Crippen molar-refractivity contribution in [1.29, 1.82) is 0 Å². The smallest absolute Gasteiger partial charge is 0.267 e. The minimum Gasteiger partial charge on any atom is -0.350 e. The Bertz CT molecular complexity index is 948. The first kappa shape index (κ1) is 17.6. The Labute approximate surface area is 152 Å². The second kappa shape index (κ2) is 7.35. The van der Waals surface area contributed by atoms with Gasteiger partial charge in [0, 0.05) is 18.2 Å². The highest BCUT2D eigenvalue weighted by atomic mass is 16.2. The van der Waals surface area contributed by atoms with Gasteiger partial charge >= 0.3 is 0 Å². The monoisotopic (exact) mass is 347 g/mol. The topological polar surface area (TPSA) is 64.0 Å². The molecule has 132 valence electrons. The number of carbonyl (C=O) groups excluding carboxylic acids is 1. The molecule has 3 aromatic rings. The average molecular weight is 347 g/mol. The van der Waals surface area contributed by atoms with E-state index in [1.54, 1.807) is 19.9 Å². The molecule has 2 aromatic carbocycles. The van der Waals surface area contributed by atoms with Crippen molar-refractivity contribution in [3.05, 3.63) is 88.7 Å². The van der Waals surface area contributed by atoms with Gasteiger partial charge in [0.1, 0.15) is 5.54 Å². The predicted octanol–water partition coefficient (Wildman–Crippen LogP) is 2.96. The van der Waals surface area contributed by atoms with Gasteiger partial charge in [-0.2, -0.15) is 5.10 Å². The lowest BCUT2D eigenvalue weighted by Crippen LogP contribution is -2.49. The maximum atomic E-state index is 12.7. The van der Waals surface area contributed by atoms with Gasteiger partial charge in [0.15, 0.2) is 0 Å². The Morgan fingerprint density at radius 1 is 0.962 bits per heavy atom. The van der Waals surface area contributed by atoms with Crippen molar-refractivity contribution in [1.82, 2.24) is 15.1 Å². The molecule has 5 heteroatoms. The van der Waals surface area contributed by atoms with Gasteiger partial charge in [0.05, 0.1) is 5.69 Å². The third kappa shape index (κ3) is 3.72. The SMILES string of the molecule is CC(C)(C(=O)NCc1ccccc1)n1nc(-c2ccccc2)ccc1=O. The van der Waals surface area contributed by atoms with Crippen LogP contribution >= 0.6 is 0 Å². The molecule has 0 aliphatic heterocycles. The van der Waals surface area contributed by atoms with Crippen molar-refractivity contribution in [2.75, 3.05) is 0 Å². The van der Waals surface area contributed by atoms with Crippen molar-refractivity contribution in [2.45, 2.75) is 25.9 Å². The Hall–Kier alpha value is -3.21. The third-order valence-corrected chi connectivity index (χ3v) is 4.25. The summed E-state index contributed by atoms with van der Waals surface area (Å²) < 4.78 is 1.25. The minimum absolute atomic E-state index is 0.263. The van der Waals surface area contributed by atoms with E-state index >= 15 is 0 Å². The molecule has 0 atom stereocenters. The van der Waals surface area contributed by atoms with Crippen LogP contribution in [-0.2, 0) is 16.9 Å². The van der Waals surface area contributed by atoms with E-state index in [-0.39, 0.29) is 11.5 Å². The summed E-state index contributed by atoms with van der Waals surface area (Å²) >= 11 is 0. The summed E-state index contributed by atoms with van der Waals surface area (Å²) in [6.07, 6.45) is 0. The second-order valence-electron chi connectivity index (χ2n) is 6.56.